The van der Waals surface area contributed by atoms with Gasteiger partial charge in [-0.2, -0.15) is 0 Å². The Morgan fingerprint density at radius 3 is 2.58 bits per heavy atom. The first-order chi connectivity index (χ1) is 20.7. The van der Waals surface area contributed by atoms with Crippen LogP contribution in [0.5, 0.6) is 0 Å². The lowest BCUT2D eigenvalue weighted by Crippen LogP contribution is -2.39. The number of nitrogens with two attached hydrogens (primary N) is 1. The minimum Gasteiger partial charge on any atom is -0.383 e. The van der Waals surface area contributed by atoms with E-state index in [4.69, 9.17) is 33.7 Å². The predicted molar refractivity (Wildman–Crippen MR) is 172 cm³/mol. The molecule has 0 saturated carbocycles. The van der Waals surface area contributed by atoms with Crippen molar-refractivity contribution in [2.75, 3.05) is 32.1 Å². The number of unbranched alkanes of at least 4 members (excludes halogenated alkanes) is 1. The number of carbonyl (C=O) groups is 1. The number of aromatic nitrogens is 1. The number of hydrogen-bond acceptors (Lipinski definition) is 5. The highest BCUT2D eigenvalue weighted by atomic mass is 35.5. The molecule has 4 rings (SSSR count). The Labute approximate surface area is 264 Å². The lowest BCUT2D eigenvalue weighted by molar-refractivity contribution is -0.128. The van der Waals surface area contributed by atoms with E-state index in [1.807, 2.05) is 18.2 Å². The molecule has 43 heavy (non-hydrogen) atoms. The van der Waals surface area contributed by atoms with Gasteiger partial charge in [-0.15, -0.1) is 0 Å². The Morgan fingerprint density at radius 2 is 1.95 bits per heavy atom. The average Bonchev–Trinajstić information content (AvgIpc) is 3.42. The Morgan fingerprint density at radius 1 is 1.26 bits per heavy atom. The van der Waals surface area contributed by atoms with Crippen molar-refractivity contribution in [1.82, 2.24) is 8.87 Å². The van der Waals surface area contributed by atoms with Gasteiger partial charge in [-0.25, -0.2) is 17.6 Å². The number of anilines is 1. The molecule has 0 spiro atoms. The number of hydrogen-bond donors (Lipinski definition) is 2. The van der Waals surface area contributed by atoms with Crippen LogP contribution >= 0.6 is 23.2 Å². The van der Waals surface area contributed by atoms with Crippen LogP contribution in [-0.2, 0) is 20.5 Å². The molecule has 0 aliphatic carbocycles. The number of likely N-dealkylation sites (tertiary alicyclic amines) is 1. The van der Waals surface area contributed by atoms with Crippen molar-refractivity contribution in [1.29, 1.82) is 0 Å². The van der Waals surface area contributed by atoms with Crippen molar-refractivity contribution in [2.24, 2.45) is 16.6 Å². The Kier molecular flexibility index (Phi) is 11.4. The smallest absolute Gasteiger partial charge is 0.245 e. The van der Waals surface area contributed by atoms with Gasteiger partial charge in [-0.3, -0.25) is 4.79 Å². The molecule has 1 fully saturated rings. The minimum absolute atomic E-state index is 0.00888. The van der Waals surface area contributed by atoms with Gasteiger partial charge in [0.25, 0.3) is 0 Å². The van der Waals surface area contributed by atoms with Gasteiger partial charge in [0.1, 0.15) is 23.4 Å². The number of halogens is 3. The van der Waals surface area contributed by atoms with E-state index in [-0.39, 0.29) is 33.4 Å². The number of amidine groups is 1. The molecule has 1 saturated heterocycles. The van der Waals surface area contributed by atoms with Crippen molar-refractivity contribution in [3.8, 4) is 0 Å². The fourth-order valence-corrected chi connectivity index (χ4v) is 6.73. The van der Waals surface area contributed by atoms with Gasteiger partial charge in [0.2, 0.25) is 5.91 Å². The summed E-state index contributed by atoms with van der Waals surface area (Å²) in [5, 5.41) is 2.95. The van der Waals surface area contributed by atoms with Gasteiger partial charge in [0.05, 0.1) is 26.2 Å². The second-order valence-corrected chi connectivity index (χ2v) is 12.3. The molecular weight excluding hydrogens is 612 g/mol. The average molecular weight is 649 g/mol. The normalized spacial score (nSPS) is 15.7. The molecule has 2 aromatic carbocycles. The van der Waals surface area contributed by atoms with E-state index in [1.165, 1.54) is 18.2 Å². The molecule has 0 radical (unpaired) electrons. The second kappa shape index (κ2) is 15.0. The van der Waals surface area contributed by atoms with Crippen LogP contribution in [0.4, 0.5) is 15.9 Å². The summed E-state index contributed by atoms with van der Waals surface area (Å²) in [7, 11) is -0.00293. The van der Waals surface area contributed by atoms with Crippen LogP contribution in [0.25, 0.3) is 0 Å². The number of nitrogens with one attached hydrogen (secondary N) is 1. The number of benzene rings is 2. The van der Waals surface area contributed by atoms with E-state index in [0.29, 0.717) is 54.5 Å². The van der Waals surface area contributed by atoms with E-state index < -0.39 is 22.9 Å². The first-order valence-corrected chi connectivity index (χ1v) is 16.0. The van der Waals surface area contributed by atoms with Crippen molar-refractivity contribution in [3.63, 3.8) is 0 Å². The van der Waals surface area contributed by atoms with E-state index in [0.717, 1.165) is 12.8 Å². The molecule has 8 nitrogen and oxygen atoms in total. The minimum atomic E-state index is -1.70. The highest BCUT2D eigenvalue weighted by Gasteiger charge is 2.35. The molecule has 2 heterocycles. The molecule has 230 valence electrons. The number of piperidine rings is 1. The molecule has 12 heteroatoms. The summed E-state index contributed by atoms with van der Waals surface area (Å²) in [5.74, 6) is -0.450. The van der Waals surface area contributed by atoms with Gasteiger partial charge in [0.15, 0.2) is 16.8 Å². The maximum atomic E-state index is 14.9. The number of rotatable bonds is 12. The summed E-state index contributed by atoms with van der Waals surface area (Å²) in [6.45, 7) is 7.30. The quantitative estimate of drug-likeness (QED) is 0.0735. The highest BCUT2D eigenvalue weighted by Crippen LogP contribution is 2.39. The third-order valence-electron chi connectivity index (χ3n) is 7.40. The van der Waals surface area contributed by atoms with Crippen LogP contribution in [0.3, 0.4) is 0 Å². The highest BCUT2D eigenvalue weighted by molar-refractivity contribution is 7.83. The topological polar surface area (TPSA) is 102 Å². The first kappa shape index (κ1) is 32.7. The van der Waals surface area contributed by atoms with Crippen LogP contribution in [0.15, 0.2) is 71.1 Å². The van der Waals surface area contributed by atoms with Crippen molar-refractivity contribution < 1.29 is 18.1 Å². The van der Waals surface area contributed by atoms with Crippen LogP contribution < -0.4 is 11.1 Å². The molecule has 1 aliphatic rings. The lowest BCUT2D eigenvalue weighted by atomic mass is 9.89. The zero-order valence-corrected chi connectivity index (χ0v) is 26.5. The third kappa shape index (κ3) is 7.32. The Hall–Kier alpha value is -3.18. The summed E-state index contributed by atoms with van der Waals surface area (Å²) >= 11 is 12.0. The SMILES string of the molecule is C=CC(=O)N1CCC(C(OCCCC)c2cc(C(N)=Nc3ccc(Cl)c(Cl)c3F)c(NC)n2S(=O)c2ccccc2)CC1. The van der Waals surface area contributed by atoms with Crippen molar-refractivity contribution in [2.45, 2.75) is 43.6 Å². The summed E-state index contributed by atoms with van der Waals surface area (Å²) in [5.41, 5.74) is 7.49. The van der Waals surface area contributed by atoms with Gasteiger partial charge in [-0.1, -0.05) is 61.3 Å². The van der Waals surface area contributed by atoms with Crippen LogP contribution in [0.2, 0.25) is 10.0 Å². The summed E-state index contributed by atoms with van der Waals surface area (Å²) in [6.07, 6.45) is 4.02. The second-order valence-electron chi connectivity index (χ2n) is 10.1. The van der Waals surface area contributed by atoms with Gasteiger partial charge in [-0.05, 0) is 61.6 Å². The van der Waals surface area contributed by atoms with Gasteiger partial charge in [0, 0.05) is 26.7 Å². The zero-order valence-electron chi connectivity index (χ0n) is 24.2. The Bertz CT molecular complexity index is 1510. The summed E-state index contributed by atoms with van der Waals surface area (Å²) in [4.78, 5) is 18.9. The number of aliphatic imine (C=N–C) groups is 1. The molecule has 2 atom stereocenters. The maximum absolute atomic E-state index is 14.9. The van der Waals surface area contributed by atoms with E-state index in [1.54, 1.807) is 34.1 Å². The molecule has 2 unspecified atom stereocenters. The summed E-state index contributed by atoms with van der Waals surface area (Å²) in [6, 6.07) is 13.7. The molecule has 1 aromatic heterocycles. The largest absolute Gasteiger partial charge is 0.383 e. The number of nitrogens with zero attached hydrogens (tertiary/aromatic N) is 3. The molecule has 0 bridgehead atoms. The van der Waals surface area contributed by atoms with E-state index in [9.17, 15) is 13.4 Å². The zero-order chi connectivity index (χ0) is 31.1. The number of amides is 1. The van der Waals surface area contributed by atoms with Gasteiger partial charge >= 0.3 is 0 Å². The first-order valence-electron chi connectivity index (χ1n) is 14.1. The summed E-state index contributed by atoms with van der Waals surface area (Å²) < 4.78 is 37.3. The maximum Gasteiger partial charge on any atom is 0.245 e. The molecule has 3 N–H and O–H groups in total. The number of ether oxygens (including phenoxy) is 1. The monoisotopic (exact) mass is 647 g/mol. The number of carbonyl (C=O) groups excluding carboxylic acids is 1. The standard InChI is InChI=1S/C31H36Cl2FN5O3S/c1-4-6-18-42-29(20-14-16-38(17-15-20)26(40)5-2)25-19-22(30(35)37-24-13-12-23(32)27(33)28(24)34)31(36-3)39(25)43(41)21-10-8-7-9-11-21/h5,7-13,19-20,29,36H,2,4,6,14-18H2,1,3H3,(H2,35,37). The fraction of sp³-hybridized carbons (Fsp3) is 0.355. The lowest BCUT2D eigenvalue weighted by Gasteiger charge is -2.36. The van der Waals surface area contributed by atoms with Gasteiger partial charge < -0.3 is 20.7 Å². The van der Waals surface area contributed by atoms with Crippen LogP contribution in [0.1, 0.15) is 50.0 Å². The fourth-order valence-electron chi connectivity index (χ4n) is 5.12. The van der Waals surface area contributed by atoms with E-state index in [2.05, 4.69) is 23.8 Å². The van der Waals surface area contributed by atoms with Crippen LogP contribution in [-0.4, -0.2) is 51.6 Å². The molecular formula is C31H36Cl2FN5O3S. The molecule has 3 aromatic rings. The van der Waals surface area contributed by atoms with Crippen molar-refractivity contribution in [3.05, 3.63) is 88.3 Å². The van der Waals surface area contributed by atoms with Crippen molar-refractivity contribution >= 4 is 57.4 Å². The molecule has 1 aliphatic heterocycles. The van der Waals surface area contributed by atoms with E-state index >= 15 is 0 Å². The Balaban J connectivity index is 1.85. The molecule has 1 amide bonds. The predicted octanol–water partition coefficient (Wildman–Crippen LogP) is 6.87. The third-order valence-corrected chi connectivity index (χ3v) is 9.59. The van der Waals surface area contributed by atoms with Crippen LogP contribution in [0, 0.1) is 11.7 Å².